The SMILES string of the molecule is CC1(C)C[C@]2(CN3CCOCC3)CN(C(=O)c3ccco3)C[C@H]12. The minimum absolute atomic E-state index is 0.0431. The Hall–Kier alpha value is -1.33. The second-order valence-corrected chi connectivity index (χ2v) is 8.13. The molecule has 4 rings (SSSR count). The van der Waals surface area contributed by atoms with Crippen LogP contribution in [-0.4, -0.2) is 61.6 Å². The molecular formula is C18H26N2O3. The van der Waals surface area contributed by atoms with E-state index in [-0.39, 0.29) is 11.3 Å². The lowest BCUT2D eigenvalue weighted by molar-refractivity contribution is -0.0966. The summed E-state index contributed by atoms with van der Waals surface area (Å²) in [5.41, 5.74) is 0.577. The number of hydrogen-bond donors (Lipinski definition) is 0. The van der Waals surface area contributed by atoms with Gasteiger partial charge in [-0.05, 0) is 29.9 Å². The molecule has 1 amide bonds. The fourth-order valence-electron chi connectivity index (χ4n) is 5.25. The van der Waals surface area contributed by atoms with E-state index in [0.29, 0.717) is 17.1 Å². The van der Waals surface area contributed by atoms with Gasteiger partial charge >= 0.3 is 0 Å². The number of carbonyl (C=O) groups excluding carboxylic acids is 1. The summed E-state index contributed by atoms with van der Waals surface area (Å²) in [6.45, 7) is 11.2. The molecule has 1 saturated carbocycles. The summed E-state index contributed by atoms with van der Waals surface area (Å²) in [5.74, 6) is 1.09. The second kappa shape index (κ2) is 5.35. The van der Waals surface area contributed by atoms with Crippen molar-refractivity contribution in [3.05, 3.63) is 24.2 Å². The van der Waals surface area contributed by atoms with Crippen molar-refractivity contribution in [1.29, 1.82) is 0 Å². The number of rotatable bonds is 3. The van der Waals surface area contributed by atoms with Crippen LogP contribution in [0.1, 0.15) is 30.8 Å². The molecule has 0 spiro atoms. The van der Waals surface area contributed by atoms with Crippen LogP contribution in [-0.2, 0) is 4.74 Å². The molecule has 0 bridgehead atoms. The number of amides is 1. The largest absolute Gasteiger partial charge is 0.459 e. The Morgan fingerprint density at radius 1 is 1.35 bits per heavy atom. The van der Waals surface area contributed by atoms with Crippen molar-refractivity contribution < 1.29 is 13.9 Å². The van der Waals surface area contributed by atoms with E-state index in [1.54, 1.807) is 18.4 Å². The highest BCUT2D eigenvalue weighted by molar-refractivity contribution is 5.91. The van der Waals surface area contributed by atoms with Crippen molar-refractivity contribution in [2.75, 3.05) is 45.9 Å². The van der Waals surface area contributed by atoms with Crippen LogP contribution in [0.15, 0.2) is 22.8 Å². The topological polar surface area (TPSA) is 45.9 Å². The van der Waals surface area contributed by atoms with Gasteiger partial charge in [-0.25, -0.2) is 0 Å². The molecule has 1 aromatic heterocycles. The Morgan fingerprint density at radius 3 is 2.78 bits per heavy atom. The molecule has 0 N–H and O–H groups in total. The normalized spacial score (nSPS) is 33.3. The summed E-state index contributed by atoms with van der Waals surface area (Å²) >= 11 is 0. The highest BCUT2D eigenvalue weighted by Gasteiger charge is 2.63. The Kier molecular flexibility index (Phi) is 3.54. The van der Waals surface area contributed by atoms with Gasteiger partial charge in [0.15, 0.2) is 5.76 Å². The van der Waals surface area contributed by atoms with Gasteiger partial charge in [-0.2, -0.15) is 0 Å². The van der Waals surface area contributed by atoms with E-state index < -0.39 is 0 Å². The Labute approximate surface area is 137 Å². The van der Waals surface area contributed by atoms with E-state index in [4.69, 9.17) is 9.15 Å². The summed E-state index contributed by atoms with van der Waals surface area (Å²) < 4.78 is 10.8. The number of ether oxygens (including phenoxy) is 1. The van der Waals surface area contributed by atoms with E-state index in [2.05, 4.69) is 18.7 Å². The van der Waals surface area contributed by atoms with Gasteiger partial charge in [0.2, 0.25) is 0 Å². The molecule has 3 heterocycles. The third kappa shape index (κ3) is 2.50. The minimum Gasteiger partial charge on any atom is -0.459 e. The lowest BCUT2D eigenvalue weighted by Crippen LogP contribution is -2.59. The van der Waals surface area contributed by atoms with Gasteiger partial charge in [0, 0.05) is 38.1 Å². The molecule has 126 valence electrons. The molecule has 1 aromatic rings. The first kappa shape index (κ1) is 15.2. The summed E-state index contributed by atoms with van der Waals surface area (Å²) in [5, 5.41) is 0. The summed E-state index contributed by atoms with van der Waals surface area (Å²) in [7, 11) is 0. The third-order valence-corrected chi connectivity index (χ3v) is 6.06. The van der Waals surface area contributed by atoms with Gasteiger partial charge in [0.25, 0.3) is 5.91 Å². The molecule has 5 nitrogen and oxygen atoms in total. The molecule has 2 atom stereocenters. The monoisotopic (exact) mass is 318 g/mol. The molecule has 1 aliphatic carbocycles. The van der Waals surface area contributed by atoms with Crippen molar-refractivity contribution in [3.63, 3.8) is 0 Å². The van der Waals surface area contributed by atoms with E-state index in [0.717, 1.165) is 45.9 Å². The number of carbonyl (C=O) groups is 1. The predicted molar refractivity (Wildman–Crippen MR) is 86.2 cm³/mol. The zero-order chi connectivity index (χ0) is 16.1. The zero-order valence-corrected chi connectivity index (χ0v) is 14.1. The van der Waals surface area contributed by atoms with Crippen molar-refractivity contribution in [1.82, 2.24) is 9.80 Å². The molecule has 3 fully saturated rings. The number of furan rings is 1. The average molecular weight is 318 g/mol. The Bertz CT molecular complexity index is 577. The molecule has 3 aliphatic rings. The maximum atomic E-state index is 12.7. The Balaban J connectivity index is 1.51. The van der Waals surface area contributed by atoms with Crippen LogP contribution in [0.2, 0.25) is 0 Å². The first-order valence-electron chi connectivity index (χ1n) is 8.63. The maximum Gasteiger partial charge on any atom is 0.289 e. The smallest absolute Gasteiger partial charge is 0.289 e. The Morgan fingerprint density at radius 2 is 2.13 bits per heavy atom. The van der Waals surface area contributed by atoms with Crippen LogP contribution in [0.5, 0.6) is 0 Å². The molecular weight excluding hydrogens is 292 g/mol. The van der Waals surface area contributed by atoms with Crippen LogP contribution in [0.3, 0.4) is 0 Å². The van der Waals surface area contributed by atoms with E-state index in [1.807, 2.05) is 4.90 Å². The number of likely N-dealkylation sites (tertiary alicyclic amines) is 1. The van der Waals surface area contributed by atoms with Crippen molar-refractivity contribution in [3.8, 4) is 0 Å². The van der Waals surface area contributed by atoms with Crippen LogP contribution in [0.4, 0.5) is 0 Å². The zero-order valence-electron chi connectivity index (χ0n) is 14.1. The number of hydrogen-bond acceptors (Lipinski definition) is 4. The molecule has 23 heavy (non-hydrogen) atoms. The first-order chi connectivity index (χ1) is 11.0. The van der Waals surface area contributed by atoms with Crippen LogP contribution >= 0.6 is 0 Å². The van der Waals surface area contributed by atoms with Gasteiger partial charge in [0.1, 0.15) is 0 Å². The average Bonchev–Trinajstić information content (AvgIpc) is 3.14. The molecule has 2 saturated heterocycles. The highest BCUT2D eigenvalue weighted by atomic mass is 16.5. The molecule has 5 heteroatoms. The minimum atomic E-state index is 0.0431. The van der Waals surface area contributed by atoms with Crippen molar-refractivity contribution in [2.45, 2.75) is 20.3 Å². The lowest BCUT2D eigenvalue weighted by Gasteiger charge is -2.58. The van der Waals surface area contributed by atoms with E-state index >= 15 is 0 Å². The molecule has 2 aliphatic heterocycles. The number of morpholine rings is 1. The molecule has 0 aromatic carbocycles. The fraction of sp³-hybridized carbons (Fsp3) is 0.722. The van der Waals surface area contributed by atoms with Gasteiger partial charge in [-0.15, -0.1) is 0 Å². The second-order valence-electron chi connectivity index (χ2n) is 8.13. The highest BCUT2D eigenvalue weighted by Crippen LogP contribution is 2.63. The predicted octanol–water partition coefficient (Wildman–Crippen LogP) is 2.10. The van der Waals surface area contributed by atoms with Crippen LogP contribution in [0, 0.1) is 16.7 Å². The summed E-state index contributed by atoms with van der Waals surface area (Å²) in [4.78, 5) is 17.2. The number of nitrogens with zero attached hydrogens (tertiary/aromatic N) is 2. The van der Waals surface area contributed by atoms with Gasteiger partial charge in [-0.3, -0.25) is 9.69 Å². The van der Waals surface area contributed by atoms with Gasteiger partial charge in [0.05, 0.1) is 19.5 Å². The van der Waals surface area contributed by atoms with Crippen LogP contribution in [0.25, 0.3) is 0 Å². The van der Waals surface area contributed by atoms with Crippen molar-refractivity contribution in [2.24, 2.45) is 16.7 Å². The standard InChI is InChI=1S/C18H26N2O3/c1-17(2)11-18(12-19-5-8-22-9-6-19)13-20(10-15(17)18)16(21)14-4-3-7-23-14/h3-4,7,15H,5-6,8-13H2,1-2H3/t15-,18+/m1/s1. The fourth-order valence-corrected chi connectivity index (χ4v) is 5.25. The molecule has 0 unspecified atom stereocenters. The summed E-state index contributed by atoms with van der Waals surface area (Å²) in [6.07, 6.45) is 2.77. The maximum absolute atomic E-state index is 12.7. The first-order valence-corrected chi connectivity index (χ1v) is 8.63. The third-order valence-electron chi connectivity index (χ3n) is 6.06. The molecule has 0 radical (unpaired) electrons. The van der Waals surface area contributed by atoms with E-state index in [9.17, 15) is 4.79 Å². The quantitative estimate of drug-likeness (QED) is 0.856. The van der Waals surface area contributed by atoms with Gasteiger partial charge in [-0.1, -0.05) is 13.8 Å². The van der Waals surface area contributed by atoms with E-state index in [1.165, 1.54) is 6.42 Å². The lowest BCUT2D eigenvalue weighted by atomic mass is 9.48. The van der Waals surface area contributed by atoms with Crippen molar-refractivity contribution >= 4 is 5.91 Å². The number of fused-ring (bicyclic) bond motifs is 1. The summed E-state index contributed by atoms with van der Waals surface area (Å²) in [6, 6.07) is 3.55. The van der Waals surface area contributed by atoms with Gasteiger partial charge < -0.3 is 14.1 Å². The van der Waals surface area contributed by atoms with Crippen LogP contribution < -0.4 is 0 Å².